The third-order valence-corrected chi connectivity index (χ3v) is 6.97. The second kappa shape index (κ2) is 11.3. The van der Waals surface area contributed by atoms with Crippen molar-refractivity contribution in [3.8, 4) is 16.9 Å². The molecule has 2 atom stereocenters. The van der Waals surface area contributed by atoms with Gasteiger partial charge in [-0.1, -0.05) is 24.3 Å². The minimum atomic E-state index is -0.827. The molecule has 0 aliphatic carbocycles. The van der Waals surface area contributed by atoms with E-state index in [1.165, 1.54) is 12.1 Å². The van der Waals surface area contributed by atoms with Gasteiger partial charge in [0.2, 0.25) is 0 Å². The molecule has 2 saturated heterocycles. The van der Waals surface area contributed by atoms with Gasteiger partial charge in [0.25, 0.3) is 5.91 Å². The van der Waals surface area contributed by atoms with Crippen LogP contribution in [0.5, 0.6) is 5.75 Å². The highest BCUT2D eigenvalue weighted by Gasteiger charge is 2.43. The monoisotopic (exact) mass is 470 g/mol. The highest BCUT2D eigenvalue weighted by Crippen LogP contribution is 2.33. The number of halogens is 1. The van der Waals surface area contributed by atoms with Gasteiger partial charge >= 0.3 is 0 Å². The average Bonchev–Trinajstić information content (AvgIpc) is 3.52. The quantitative estimate of drug-likeness (QED) is 0.574. The Bertz CT molecular complexity index is 960. The number of methoxy groups -OCH3 is 2. The Morgan fingerprint density at radius 3 is 2.76 bits per heavy atom. The summed E-state index contributed by atoms with van der Waals surface area (Å²) >= 11 is 0. The molecule has 34 heavy (non-hydrogen) atoms. The first-order valence-corrected chi connectivity index (χ1v) is 12.1. The Morgan fingerprint density at radius 2 is 2.06 bits per heavy atom. The first-order chi connectivity index (χ1) is 16.5. The lowest BCUT2D eigenvalue weighted by atomic mass is 9.89. The van der Waals surface area contributed by atoms with Crippen molar-refractivity contribution in [1.29, 1.82) is 0 Å². The third kappa shape index (κ3) is 5.77. The van der Waals surface area contributed by atoms with Crippen LogP contribution in [0.2, 0.25) is 0 Å². The van der Waals surface area contributed by atoms with Crippen molar-refractivity contribution in [2.24, 2.45) is 5.92 Å². The van der Waals surface area contributed by atoms with Crippen molar-refractivity contribution in [2.75, 3.05) is 53.6 Å². The fourth-order valence-corrected chi connectivity index (χ4v) is 5.03. The van der Waals surface area contributed by atoms with E-state index in [1.54, 1.807) is 20.3 Å². The maximum absolute atomic E-state index is 13.8. The van der Waals surface area contributed by atoms with Crippen LogP contribution in [0.3, 0.4) is 0 Å². The molecule has 0 spiro atoms. The fourth-order valence-electron chi connectivity index (χ4n) is 5.03. The summed E-state index contributed by atoms with van der Waals surface area (Å²) in [6.45, 7) is 4.98. The number of likely N-dealkylation sites (tertiary alicyclic amines) is 1. The molecule has 0 aromatic heterocycles. The predicted molar refractivity (Wildman–Crippen MR) is 129 cm³/mol. The summed E-state index contributed by atoms with van der Waals surface area (Å²) in [6, 6.07) is 12.4. The first kappa shape index (κ1) is 24.6. The summed E-state index contributed by atoms with van der Waals surface area (Å²) in [4.78, 5) is 15.6. The number of amides is 1. The fraction of sp³-hybridized carbons (Fsp3) is 0.519. The van der Waals surface area contributed by atoms with Gasteiger partial charge < -0.3 is 24.4 Å². The molecule has 2 aliphatic rings. The van der Waals surface area contributed by atoms with E-state index in [4.69, 9.17) is 14.2 Å². The van der Waals surface area contributed by atoms with Gasteiger partial charge in [0.15, 0.2) is 5.60 Å². The molecule has 1 N–H and O–H groups in total. The second-order valence-corrected chi connectivity index (χ2v) is 9.32. The zero-order valence-electron chi connectivity index (χ0n) is 20.1. The van der Waals surface area contributed by atoms with Crippen LogP contribution >= 0.6 is 0 Å². The zero-order chi connectivity index (χ0) is 24.0. The lowest BCUT2D eigenvalue weighted by Crippen LogP contribution is -2.49. The van der Waals surface area contributed by atoms with E-state index in [2.05, 4.69) is 10.2 Å². The molecule has 0 radical (unpaired) electrons. The molecule has 1 amide bonds. The molecule has 2 heterocycles. The van der Waals surface area contributed by atoms with Gasteiger partial charge in [-0.25, -0.2) is 4.39 Å². The molecule has 0 bridgehead atoms. The number of rotatable bonds is 10. The molecule has 2 fully saturated rings. The number of hydrogen-bond acceptors (Lipinski definition) is 5. The number of ether oxygens (including phenoxy) is 3. The molecule has 6 nitrogen and oxygen atoms in total. The van der Waals surface area contributed by atoms with E-state index in [0.717, 1.165) is 50.2 Å². The smallest absolute Gasteiger partial charge is 0.252 e. The summed E-state index contributed by atoms with van der Waals surface area (Å²) in [5.74, 6) is 0.756. The number of nitrogens with one attached hydrogen (secondary N) is 1. The number of carbonyl (C=O) groups excluding carboxylic acids is 1. The molecular weight excluding hydrogens is 435 g/mol. The first-order valence-electron chi connectivity index (χ1n) is 12.1. The van der Waals surface area contributed by atoms with E-state index < -0.39 is 5.60 Å². The maximum atomic E-state index is 13.8. The molecule has 2 aromatic rings. The van der Waals surface area contributed by atoms with Crippen LogP contribution in [0, 0.1) is 11.7 Å². The summed E-state index contributed by atoms with van der Waals surface area (Å²) in [7, 11) is 3.30. The summed E-state index contributed by atoms with van der Waals surface area (Å²) < 4.78 is 30.4. The molecule has 0 unspecified atom stereocenters. The largest absolute Gasteiger partial charge is 0.496 e. The van der Waals surface area contributed by atoms with Crippen LogP contribution in [0.1, 0.15) is 24.8 Å². The normalized spacial score (nSPS) is 22.7. The van der Waals surface area contributed by atoms with E-state index in [9.17, 15) is 9.18 Å². The molecule has 184 valence electrons. The number of benzene rings is 2. The van der Waals surface area contributed by atoms with Crippen LogP contribution in [0.4, 0.5) is 4.39 Å². The highest BCUT2D eigenvalue weighted by molar-refractivity contribution is 5.86. The number of carbonyl (C=O) groups is 1. The van der Waals surface area contributed by atoms with Crippen molar-refractivity contribution >= 4 is 5.91 Å². The van der Waals surface area contributed by atoms with Gasteiger partial charge in [-0.2, -0.15) is 0 Å². The van der Waals surface area contributed by atoms with E-state index in [1.807, 2.05) is 24.3 Å². The molecule has 2 aliphatic heterocycles. The van der Waals surface area contributed by atoms with Crippen molar-refractivity contribution in [1.82, 2.24) is 10.2 Å². The minimum absolute atomic E-state index is 0.0174. The zero-order valence-corrected chi connectivity index (χ0v) is 20.1. The average molecular weight is 471 g/mol. The maximum Gasteiger partial charge on any atom is 0.252 e. The standard InChI is InChI=1S/C27H35FN2O4/c1-32-15-13-30-12-10-21(19-30)18-29-26(31)27(11-3-14-34-27)17-20-4-6-22(7-5-20)24-16-23(28)8-9-25(24)33-2/h4-9,16,21H,3,10-15,17-19H2,1-2H3,(H,29,31)/t21-,27-/m0/s1. The van der Waals surface area contributed by atoms with Crippen LogP contribution in [-0.4, -0.2) is 70.0 Å². The Labute approximate surface area is 201 Å². The lowest BCUT2D eigenvalue weighted by Gasteiger charge is -2.28. The van der Waals surface area contributed by atoms with Crippen LogP contribution < -0.4 is 10.1 Å². The van der Waals surface area contributed by atoms with E-state index in [-0.39, 0.29) is 11.7 Å². The van der Waals surface area contributed by atoms with E-state index >= 15 is 0 Å². The molecule has 2 aromatic carbocycles. The summed E-state index contributed by atoms with van der Waals surface area (Å²) in [5.41, 5.74) is 1.76. The summed E-state index contributed by atoms with van der Waals surface area (Å²) in [5, 5.41) is 3.18. The predicted octanol–water partition coefficient (Wildman–Crippen LogP) is 3.68. The lowest BCUT2D eigenvalue weighted by molar-refractivity contribution is -0.141. The number of nitrogens with zero attached hydrogens (tertiary/aromatic N) is 1. The Hall–Kier alpha value is -2.48. The molecular formula is C27H35FN2O4. The van der Waals surface area contributed by atoms with Gasteiger partial charge in [-0.05, 0) is 61.1 Å². The Kier molecular flexibility index (Phi) is 8.19. The minimum Gasteiger partial charge on any atom is -0.496 e. The van der Waals surface area contributed by atoms with Crippen molar-refractivity contribution in [3.63, 3.8) is 0 Å². The molecule has 7 heteroatoms. The van der Waals surface area contributed by atoms with Crippen molar-refractivity contribution < 1.29 is 23.4 Å². The van der Waals surface area contributed by atoms with Gasteiger partial charge in [-0.15, -0.1) is 0 Å². The van der Waals surface area contributed by atoms with Crippen molar-refractivity contribution in [3.05, 3.63) is 53.8 Å². The Balaban J connectivity index is 1.39. The Morgan fingerprint density at radius 1 is 1.24 bits per heavy atom. The topological polar surface area (TPSA) is 60.0 Å². The highest BCUT2D eigenvalue weighted by atomic mass is 19.1. The SMILES string of the molecule is COCCN1CC[C@@H](CNC(=O)[C@@]2(Cc3ccc(-c4cc(F)ccc4OC)cc3)CCCO2)C1. The van der Waals surface area contributed by atoms with Crippen LogP contribution in [0.25, 0.3) is 11.1 Å². The van der Waals surface area contributed by atoms with Gasteiger partial charge in [0.1, 0.15) is 11.6 Å². The van der Waals surface area contributed by atoms with Gasteiger partial charge in [0, 0.05) is 45.3 Å². The summed E-state index contributed by atoms with van der Waals surface area (Å²) in [6.07, 6.45) is 3.19. The van der Waals surface area contributed by atoms with Gasteiger partial charge in [-0.3, -0.25) is 4.79 Å². The number of hydrogen-bond donors (Lipinski definition) is 1. The van der Waals surface area contributed by atoms with Crippen LogP contribution in [0.15, 0.2) is 42.5 Å². The molecule has 0 saturated carbocycles. The second-order valence-electron chi connectivity index (χ2n) is 9.32. The molecule has 4 rings (SSSR count). The van der Waals surface area contributed by atoms with Gasteiger partial charge in [0.05, 0.1) is 13.7 Å². The van der Waals surface area contributed by atoms with E-state index in [0.29, 0.717) is 43.2 Å². The van der Waals surface area contributed by atoms with Crippen LogP contribution in [-0.2, 0) is 20.7 Å². The third-order valence-electron chi connectivity index (χ3n) is 6.97. The van der Waals surface area contributed by atoms with Crippen molar-refractivity contribution in [2.45, 2.75) is 31.3 Å².